The first-order valence-corrected chi connectivity index (χ1v) is 6.26. The maximum atomic E-state index is 12.2. The van der Waals surface area contributed by atoms with Gasteiger partial charge in [-0.1, -0.05) is 30.1 Å². The van der Waals surface area contributed by atoms with Gasteiger partial charge in [-0.2, -0.15) is 0 Å². The number of nitrogens with zero attached hydrogens (tertiary/aromatic N) is 1. The molecule has 1 aromatic rings. The van der Waals surface area contributed by atoms with Crippen molar-refractivity contribution in [3.8, 4) is 0 Å². The summed E-state index contributed by atoms with van der Waals surface area (Å²) < 4.78 is 0. The molecule has 18 heavy (non-hydrogen) atoms. The zero-order chi connectivity index (χ0) is 13.5. The molecule has 1 unspecified atom stereocenters. The highest BCUT2D eigenvalue weighted by molar-refractivity contribution is 6.35. The summed E-state index contributed by atoms with van der Waals surface area (Å²) in [6.45, 7) is 3.53. The predicted molar refractivity (Wildman–Crippen MR) is 71.2 cm³/mol. The number of carbonyl (C=O) groups excluding carboxylic acids is 2. The largest absolute Gasteiger partial charge is 0.329 e. The van der Waals surface area contributed by atoms with Crippen LogP contribution in [0, 0.1) is 0 Å². The van der Waals surface area contributed by atoms with Gasteiger partial charge in [-0.25, -0.2) is 9.69 Å². The van der Waals surface area contributed by atoms with E-state index in [-0.39, 0.29) is 5.91 Å². The lowest BCUT2D eigenvalue weighted by Crippen LogP contribution is -2.43. The van der Waals surface area contributed by atoms with Crippen LogP contribution in [0.15, 0.2) is 18.2 Å². The molecule has 0 radical (unpaired) electrons. The number of nitrogens with one attached hydrogen (secondary N) is 1. The molecule has 0 bridgehead atoms. The Kier molecular flexibility index (Phi) is 3.25. The first-order valence-electron chi connectivity index (χ1n) is 5.50. The Bertz CT molecular complexity index is 513. The molecule has 1 aliphatic heterocycles. The molecule has 1 N–H and O–H groups in total. The molecule has 1 aromatic carbocycles. The summed E-state index contributed by atoms with van der Waals surface area (Å²) >= 11 is 11.7. The van der Waals surface area contributed by atoms with Gasteiger partial charge in [0.2, 0.25) is 0 Å². The first-order chi connectivity index (χ1) is 8.37. The fourth-order valence-electron chi connectivity index (χ4n) is 1.83. The quantitative estimate of drug-likeness (QED) is 0.849. The van der Waals surface area contributed by atoms with Crippen molar-refractivity contribution >= 4 is 40.8 Å². The summed E-state index contributed by atoms with van der Waals surface area (Å²) in [4.78, 5) is 25.2. The number of anilines is 1. The van der Waals surface area contributed by atoms with Crippen molar-refractivity contribution < 1.29 is 9.59 Å². The van der Waals surface area contributed by atoms with Gasteiger partial charge in [0.1, 0.15) is 5.54 Å². The normalized spacial score (nSPS) is 23.4. The second kappa shape index (κ2) is 4.44. The number of amides is 3. The van der Waals surface area contributed by atoms with Gasteiger partial charge in [-0.05, 0) is 31.5 Å². The molecular formula is C12H12Cl2N2O2. The van der Waals surface area contributed by atoms with E-state index >= 15 is 0 Å². The number of rotatable bonds is 2. The standard InChI is InChI=1S/C12H12Cl2N2O2/c1-3-12(2)10(17)16(11(18)15-12)9-5-7(13)4-8(14)6-9/h4-6H,3H2,1-2H3,(H,15,18). The summed E-state index contributed by atoms with van der Waals surface area (Å²) in [5.41, 5.74) is -0.488. The summed E-state index contributed by atoms with van der Waals surface area (Å²) in [7, 11) is 0. The summed E-state index contributed by atoms with van der Waals surface area (Å²) in [5, 5.41) is 3.42. The summed E-state index contributed by atoms with van der Waals surface area (Å²) in [6, 6.07) is 4.16. The van der Waals surface area contributed by atoms with Crippen molar-refractivity contribution in [2.24, 2.45) is 0 Å². The third-order valence-electron chi connectivity index (χ3n) is 3.07. The van der Waals surface area contributed by atoms with Crippen molar-refractivity contribution in [3.05, 3.63) is 28.2 Å². The molecule has 3 amide bonds. The lowest BCUT2D eigenvalue weighted by Gasteiger charge is -2.19. The molecule has 0 aromatic heterocycles. The zero-order valence-electron chi connectivity index (χ0n) is 9.96. The van der Waals surface area contributed by atoms with Crippen molar-refractivity contribution in [1.82, 2.24) is 5.32 Å². The number of benzene rings is 1. The lowest BCUT2D eigenvalue weighted by atomic mass is 9.99. The third-order valence-corrected chi connectivity index (χ3v) is 3.51. The van der Waals surface area contributed by atoms with Gasteiger partial charge >= 0.3 is 6.03 Å². The van der Waals surface area contributed by atoms with E-state index in [4.69, 9.17) is 23.2 Å². The highest BCUT2D eigenvalue weighted by Gasteiger charge is 2.47. The van der Waals surface area contributed by atoms with Gasteiger partial charge in [0.05, 0.1) is 5.69 Å². The minimum absolute atomic E-state index is 0.298. The van der Waals surface area contributed by atoms with Crippen molar-refractivity contribution in [2.75, 3.05) is 4.90 Å². The highest BCUT2D eigenvalue weighted by atomic mass is 35.5. The van der Waals surface area contributed by atoms with E-state index in [0.717, 1.165) is 4.90 Å². The second-order valence-electron chi connectivity index (χ2n) is 4.38. The van der Waals surface area contributed by atoms with Crippen molar-refractivity contribution in [3.63, 3.8) is 0 Å². The van der Waals surface area contributed by atoms with E-state index in [0.29, 0.717) is 22.2 Å². The molecule has 1 atom stereocenters. The Hall–Kier alpha value is -1.26. The van der Waals surface area contributed by atoms with Crippen molar-refractivity contribution in [2.45, 2.75) is 25.8 Å². The van der Waals surface area contributed by atoms with Gasteiger partial charge in [-0.3, -0.25) is 4.79 Å². The van der Waals surface area contributed by atoms with E-state index < -0.39 is 11.6 Å². The van der Waals surface area contributed by atoms with Crippen LogP contribution in [0.3, 0.4) is 0 Å². The molecular weight excluding hydrogens is 275 g/mol. The smallest absolute Gasteiger partial charge is 0.323 e. The van der Waals surface area contributed by atoms with Crippen LogP contribution < -0.4 is 10.2 Å². The number of urea groups is 1. The highest BCUT2D eigenvalue weighted by Crippen LogP contribution is 2.30. The van der Waals surface area contributed by atoms with Crippen LogP contribution in [0.25, 0.3) is 0 Å². The Morgan fingerprint density at radius 1 is 1.22 bits per heavy atom. The van der Waals surface area contributed by atoms with Crippen LogP contribution in [0.1, 0.15) is 20.3 Å². The maximum Gasteiger partial charge on any atom is 0.329 e. The van der Waals surface area contributed by atoms with Gasteiger partial charge in [-0.15, -0.1) is 0 Å². The maximum absolute atomic E-state index is 12.2. The molecule has 1 fully saturated rings. The lowest BCUT2D eigenvalue weighted by molar-refractivity contribution is -0.121. The molecule has 0 saturated carbocycles. The Morgan fingerprint density at radius 2 is 1.78 bits per heavy atom. The van der Waals surface area contributed by atoms with Crippen LogP contribution in [-0.4, -0.2) is 17.5 Å². The van der Waals surface area contributed by atoms with Gasteiger partial charge in [0.25, 0.3) is 5.91 Å². The first kappa shape index (κ1) is 13.2. The van der Waals surface area contributed by atoms with Gasteiger partial charge < -0.3 is 5.32 Å². The van der Waals surface area contributed by atoms with Crippen LogP contribution >= 0.6 is 23.2 Å². The number of hydrogen-bond acceptors (Lipinski definition) is 2. The summed E-state index contributed by atoms with van der Waals surface area (Å²) in [5.74, 6) is -0.298. The SMILES string of the molecule is CCC1(C)NC(=O)N(c2cc(Cl)cc(Cl)c2)C1=O. The number of carbonyl (C=O) groups is 2. The Morgan fingerprint density at radius 3 is 2.22 bits per heavy atom. The number of halogens is 2. The predicted octanol–water partition coefficient (Wildman–Crippen LogP) is 3.22. The Labute approximate surface area is 115 Å². The molecule has 6 heteroatoms. The molecule has 96 valence electrons. The number of hydrogen-bond donors (Lipinski definition) is 1. The molecule has 0 aliphatic carbocycles. The molecule has 1 heterocycles. The third kappa shape index (κ3) is 2.06. The van der Waals surface area contributed by atoms with E-state index in [9.17, 15) is 9.59 Å². The van der Waals surface area contributed by atoms with Crippen LogP contribution in [0.4, 0.5) is 10.5 Å². The van der Waals surface area contributed by atoms with E-state index in [2.05, 4.69) is 5.32 Å². The van der Waals surface area contributed by atoms with E-state index in [1.54, 1.807) is 13.0 Å². The Balaban J connectivity index is 2.45. The average Bonchev–Trinajstić information content (AvgIpc) is 2.49. The molecule has 0 spiro atoms. The minimum atomic E-state index is -0.869. The molecule has 2 rings (SSSR count). The van der Waals surface area contributed by atoms with Crippen LogP contribution in [0.2, 0.25) is 10.0 Å². The second-order valence-corrected chi connectivity index (χ2v) is 5.26. The fourth-order valence-corrected chi connectivity index (χ4v) is 2.34. The molecule has 1 aliphatic rings. The van der Waals surface area contributed by atoms with Gasteiger partial charge in [0.15, 0.2) is 0 Å². The molecule has 4 nitrogen and oxygen atoms in total. The fraction of sp³-hybridized carbons (Fsp3) is 0.333. The topological polar surface area (TPSA) is 49.4 Å². The monoisotopic (exact) mass is 286 g/mol. The van der Waals surface area contributed by atoms with Crippen LogP contribution in [0.5, 0.6) is 0 Å². The van der Waals surface area contributed by atoms with E-state index in [1.807, 2.05) is 6.92 Å². The van der Waals surface area contributed by atoms with Gasteiger partial charge in [0, 0.05) is 10.0 Å². The average molecular weight is 287 g/mol. The minimum Gasteiger partial charge on any atom is -0.323 e. The molecule has 1 saturated heterocycles. The number of imide groups is 1. The zero-order valence-corrected chi connectivity index (χ0v) is 11.5. The van der Waals surface area contributed by atoms with E-state index in [1.165, 1.54) is 12.1 Å². The van der Waals surface area contributed by atoms with Crippen molar-refractivity contribution in [1.29, 1.82) is 0 Å². The summed E-state index contributed by atoms with van der Waals surface area (Å²) in [6.07, 6.45) is 0.516. The van der Waals surface area contributed by atoms with Crippen LogP contribution in [-0.2, 0) is 4.79 Å².